The van der Waals surface area contributed by atoms with Crippen LogP contribution in [0, 0.1) is 22.7 Å². The van der Waals surface area contributed by atoms with Crippen LogP contribution in [-0.4, -0.2) is 28.4 Å². The first kappa shape index (κ1) is 50.4. The van der Waals surface area contributed by atoms with Gasteiger partial charge in [0.2, 0.25) is 0 Å². The molecular weight excluding hydrogens is 753 g/mol. The Kier molecular flexibility index (Phi) is 16.4. The standard InChI is InChI=1S/C51H70O4.2C2H3N/c1-19-39-42-28-37(50(9,10)11)24-33(46(42)54-17)20-31-22-35(48(3,4)5)26-40(44(31)52-15)30(2)41-27-36(49(6,7)8)23-32(45(41)53-16)21-34-25-38(51(12,13)14)29-43(39)47(34)55-18;2*1-2-3/h22-30,39H,19-21H2,1-18H3;2*1H3. The molecule has 1 aliphatic carbocycles. The quantitative estimate of drug-likeness (QED) is 0.199. The Bertz CT molecular complexity index is 2080. The number of rotatable bonds is 5. The Morgan fingerprint density at radius 3 is 0.869 bits per heavy atom. The molecule has 0 atom stereocenters. The van der Waals surface area contributed by atoms with E-state index in [4.69, 9.17) is 29.5 Å². The van der Waals surface area contributed by atoms with Crippen LogP contribution in [0.3, 0.4) is 0 Å². The molecule has 0 N–H and O–H groups in total. The second-order valence-corrected chi connectivity index (χ2v) is 20.5. The van der Waals surface area contributed by atoms with Crippen molar-refractivity contribution in [1.82, 2.24) is 0 Å². The van der Waals surface area contributed by atoms with Gasteiger partial charge in [-0.2, -0.15) is 10.5 Å². The van der Waals surface area contributed by atoms with Crippen LogP contribution in [0.5, 0.6) is 23.0 Å². The molecule has 61 heavy (non-hydrogen) atoms. The zero-order valence-electron chi connectivity index (χ0n) is 41.4. The van der Waals surface area contributed by atoms with Gasteiger partial charge >= 0.3 is 0 Å². The fourth-order valence-electron chi connectivity index (χ4n) is 8.45. The average molecular weight is 829 g/mol. The summed E-state index contributed by atoms with van der Waals surface area (Å²) in [5.74, 6) is 3.73. The van der Waals surface area contributed by atoms with Crippen molar-refractivity contribution in [3.8, 4) is 35.1 Å². The predicted molar refractivity (Wildman–Crippen MR) is 255 cm³/mol. The fraction of sp³-hybridized carbons (Fsp3) is 0.527. The number of ether oxygens (including phenoxy) is 4. The van der Waals surface area contributed by atoms with E-state index >= 15 is 0 Å². The van der Waals surface area contributed by atoms with Crippen LogP contribution in [-0.2, 0) is 34.5 Å². The van der Waals surface area contributed by atoms with Gasteiger partial charge in [0.15, 0.2) is 0 Å². The molecule has 0 spiro atoms. The smallest absolute Gasteiger partial charge is 0.126 e. The lowest BCUT2D eigenvalue weighted by Gasteiger charge is -2.31. The lowest BCUT2D eigenvalue weighted by atomic mass is 9.75. The van der Waals surface area contributed by atoms with Crippen molar-refractivity contribution < 1.29 is 18.9 Å². The Morgan fingerprint density at radius 2 is 0.672 bits per heavy atom. The van der Waals surface area contributed by atoms with Crippen molar-refractivity contribution in [2.24, 2.45) is 0 Å². The normalized spacial score (nSPS) is 15.1. The van der Waals surface area contributed by atoms with Crippen molar-refractivity contribution in [3.63, 3.8) is 0 Å². The van der Waals surface area contributed by atoms with E-state index in [1.807, 2.05) is 28.4 Å². The summed E-state index contributed by atoms with van der Waals surface area (Å²) in [5, 5.41) is 14.6. The average Bonchev–Trinajstić information content (AvgIpc) is 3.16. The fourth-order valence-corrected chi connectivity index (χ4v) is 8.45. The van der Waals surface area contributed by atoms with E-state index < -0.39 is 0 Å². The molecule has 0 heterocycles. The summed E-state index contributed by atoms with van der Waals surface area (Å²) in [5.41, 5.74) is 14.2. The zero-order valence-corrected chi connectivity index (χ0v) is 41.4. The van der Waals surface area contributed by atoms with Crippen LogP contribution < -0.4 is 18.9 Å². The zero-order chi connectivity index (χ0) is 46.4. The maximum Gasteiger partial charge on any atom is 0.126 e. The molecule has 8 bridgehead atoms. The second-order valence-electron chi connectivity index (χ2n) is 20.5. The highest BCUT2D eigenvalue weighted by atomic mass is 16.5. The maximum absolute atomic E-state index is 7.32. The minimum atomic E-state index is -0.0849. The SMILES string of the molecule is CC#N.CC#N.CCC1c2cc(C(C)(C)C)cc(c2OC)Cc2cc(C(C)(C)C)cc(c2OC)C(C)c2cc(C(C)(C)C)cc(c2OC)Cc2cc(C(C)(C)C)cc1c2OC. The van der Waals surface area contributed by atoms with Crippen molar-refractivity contribution in [1.29, 1.82) is 10.5 Å². The van der Waals surface area contributed by atoms with Crippen LogP contribution in [0.4, 0.5) is 0 Å². The van der Waals surface area contributed by atoms with E-state index in [0.717, 1.165) is 40.5 Å². The molecule has 0 saturated heterocycles. The monoisotopic (exact) mass is 829 g/mol. The molecule has 6 heteroatoms. The van der Waals surface area contributed by atoms with Gasteiger partial charge < -0.3 is 18.9 Å². The number of nitrogens with zero attached hydrogens (tertiary/aromatic N) is 2. The van der Waals surface area contributed by atoms with Crippen LogP contribution in [0.15, 0.2) is 48.5 Å². The van der Waals surface area contributed by atoms with Crippen LogP contribution in [0.1, 0.15) is 196 Å². The first-order valence-corrected chi connectivity index (χ1v) is 21.8. The number of methoxy groups -OCH3 is 4. The Balaban J connectivity index is 0.00000156. The molecule has 330 valence electrons. The predicted octanol–water partition coefficient (Wildman–Crippen LogP) is 14.2. The Hall–Kier alpha value is -4.94. The summed E-state index contributed by atoms with van der Waals surface area (Å²) in [7, 11) is 7.32. The topological polar surface area (TPSA) is 84.5 Å². The Labute approximate surface area is 370 Å². The third-order valence-electron chi connectivity index (χ3n) is 11.9. The molecule has 6 nitrogen and oxygen atoms in total. The summed E-state index contributed by atoms with van der Waals surface area (Å²) in [6, 6.07) is 22.6. The van der Waals surface area contributed by atoms with Crippen molar-refractivity contribution in [3.05, 3.63) is 115 Å². The lowest BCUT2D eigenvalue weighted by Crippen LogP contribution is -2.18. The molecule has 0 radical (unpaired) electrons. The number of hydrogen-bond donors (Lipinski definition) is 0. The molecular formula is C55H76N2O4. The largest absolute Gasteiger partial charge is 0.496 e. The lowest BCUT2D eigenvalue weighted by molar-refractivity contribution is 0.389. The number of nitriles is 2. The molecule has 4 aromatic rings. The second kappa shape index (κ2) is 19.8. The van der Waals surface area contributed by atoms with E-state index in [1.165, 1.54) is 69.5 Å². The summed E-state index contributed by atoms with van der Waals surface area (Å²) in [6.45, 7) is 35.1. The number of fused-ring (bicyclic) bond motifs is 8. The van der Waals surface area contributed by atoms with Gasteiger partial charge in [-0.3, -0.25) is 0 Å². The molecule has 4 aromatic carbocycles. The van der Waals surface area contributed by atoms with Crippen molar-refractivity contribution >= 4 is 0 Å². The van der Waals surface area contributed by atoms with Gasteiger partial charge in [0.05, 0.1) is 40.6 Å². The van der Waals surface area contributed by atoms with Gasteiger partial charge in [-0.1, -0.05) is 145 Å². The highest BCUT2D eigenvalue weighted by molar-refractivity contribution is 5.62. The maximum atomic E-state index is 7.32. The third kappa shape index (κ3) is 11.3. The van der Waals surface area contributed by atoms with Gasteiger partial charge in [-0.25, -0.2) is 0 Å². The van der Waals surface area contributed by atoms with Crippen molar-refractivity contribution in [2.75, 3.05) is 28.4 Å². The molecule has 1 aliphatic rings. The van der Waals surface area contributed by atoms with Crippen LogP contribution in [0.25, 0.3) is 0 Å². The van der Waals surface area contributed by atoms with Gasteiger partial charge in [0.1, 0.15) is 23.0 Å². The third-order valence-corrected chi connectivity index (χ3v) is 11.9. The summed E-state index contributed by atoms with van der Waals surface area (Å²) in [6.07, 6.45) is 2.21. The van der Waals surface area contributed by atoms with E-state index in [-0.39, 0.29) is 33.5 Å². The van der Waals surface area contributed by atoms with Crippen LogP contribution >= 0.6 is 0 Å². The van der Waals surface area contributed by atoms with E-state index in [1.54, 1.807) is 12.1 Å². The van der Waals surface area contributed by atoms with Gasteiger partial charge in [0.25, 0.3) is 0 Å². The van der Waals surface area contributed by atoms with E-state index in [2.05, 4.69) is 145 Å². The minimum absolute atomic E-state index is 0.0247. The number of hydrogen-bond acceptors (Lipinski definition) is 6. The van der Waals surface area contributed by atoms with Crippen molar-refractivity contribution in [2.45, 2.75) is 164 Å². The van der Waals surface area contributed by atoms with E-state index in [9.17, 15) is 0 Å². The first-order chi connectivity index (χ1) is 28.3. The molecule has 0 fully saturated rings. The molecule has 5 rings (SSSR count). The van der Waals surface area contributed by atoms with E-state index in [0.29, 0.717) is 12.8 Å². The summed E-state index contributed by atoms with van der Waals surface area (Å²) < 4.78 is 26.1. The van der Waals surface area contributed by atoms with Crippen LogP contribution in [0.2, 0.25) is 0 Å². The van der Waals surface area contributed by atoms with Gasteiger partial charge in [-0.15, -0.1) is 0 Å². The molecule has 0 amide bonds. The highest BCUT2D eigenvalue weighted by Crippen LogP contribution is 2.49. The Morgan fingerprint density at radius 1 is 0.459 bits per heavy atom. The highest BCUT2D eigenvalue weighted by Gasteiger charge is 2.33. The molecule has 0 unspecified atom stereocenters. The van der Waals surface area contributed by atoms with Gasteiger partial charge in [0, 0.05) is 60.8 Å². The minimum Gasteiger partial charge on any atom is -0.496 e. The molecule has 0 saturated carbocycles. The number of benzene rings is 4. The first-order valence-electron chi connectivity index (χ1n) is 21.8. The van der Waals surface area contributed by atoms with Gasteiger partial charge in [-0.05, 0) is 72.6 Å². The summed E-state index contributed by atoms with van der Waals surface area (Å²) >= 11 is 0. The summed E-state index contributed by atoms with van der Waals surface area (Å²) in [4.78, 5) is 0. The molecule has 0 aliphatic heterocycles. The molecule has 0 aromatic heterocycles.